The van der Waals surface area contributed by atoms with Crippen LogP contribution in [-0.2, 0) is 26.4 Å². The Labute approximate surface area is 125 Å². The Morgan fingerprint density at radius 3 is 2.71 bits per heavy atom. The molecule has 5 heteroatoms. The third kappa shape index (κ3) is 2.77. The molecule has 0 aromatic carbocycles. The van der Waals surface area contributed by atoms with Crippen molar-refractivity contribution in [3.05, 3.63) is 34.5 Å². The zero-order valence-electron chi connectivity index (χ0n) is 13.1. The van der Waals surface area contributed by atoms with Crippen molar-refractivity contribution in [1.82, 2.24) is 19.7 Å². The minimum absolute atomic E-state index is 0.773. The highest BCUT2D eigenvalue weighted by Crippen LogP contribution is 2.24. The van der Waals surface area contributed by atoms with Crippen molar-refractivity contribution in [3.63, 3.8) is 0 Å². The van der Waals surface area contributed by atoms with Gasteiger partial charge in [0.05, 0.1) is 5.69 Å². The topological polar surface area (TPSA) is 55.6 Å². The Balaban J connectivity index is 1.82. The van der Waals surface area contributed by atoms with Gasteiger partial charge in [-0.05, 0) is 39.5 Å². The first-order chi connectivity index (χ1) is 10.2. The summed E-state index contributed by atoms with van der Waals surface area (Å²) in [5.41, 5.74) is 6.10. The lowest BCUT2D eigenvalue weighted by Gasteiger charge is -2.12. The van der Waals surface area contributed by atoms with Crippen molar-refractivity contribution in [1.29, 1.82) is 0 Å². The summed E-state index contributed by atoms with van der Waals surface area (Å²) in [6.45, 7) is 4.94. The summed E-state index contributed by atoms with van der Waals surface area (Å²) in [4.78, 5) is 8.93. The largest absolute Gasteiger partial charge is 0.366 e. The molecule has 2 heterocycles. The molecule has 0 bridgehead atoms. The Morgan fingerprint density at radius 1 is 1.14 bits per heavy atom. The molecule has 0 unspecified atom stereocenters. The van der Waals surface area contributed by atoms with E-state index < -0.39 is 0 Å². The maximum absolute atomic E-state index is 4.47. The second-order valence-corrected chi connectivity index (χ2v) is 5.83. The summed E-state index contributed by atoms with van der Waals surface area (Å²) >= 11 is 0. The van der Waals surface area contributed by atoms with Crippen LogP contribution in [0.25, 0.3) is 0 Å². The first-order valence-electron chi connectivity index (χ1n) is 7.72. The van der Waals surface area contributed by atoms with E-state index in [0.717, 1.165) is 30.9 Å². The first-order valence-corrected chi connectivity index (χ1v) is 7.72. The molecule has 0 saturated carbocycles. The number of nitrogens with one attached hydrogen (secondary N) is 1. The molecular formula is C16H23N5. The zero-order valence-corrected chi connectivity index (χ0v) is 13.1. The molecule has 3 rings (SSSR count). The van der Waals surface area contributed by atoms with Crippen LogP contribution in [0, 0.1) is 13.8 Å². The molecule has 0 aliphatic heterocycles. The third-order valence-electron chi connectivity index (χ3n) is 4.47. The molecule has 112 valence electrons. The van der Waals surface area contributed by atoms with Gasteiger partial charge in [0, 0.05) is 36.1 Å². The monoisotopic (exact) mass is 285 g/mol. The van der Waals surface area contributed by atoms with Crippen LogP contribution >= 0.6 is 0 Å². The van der Waals surface area contributed by atoms with Crippen molar-refractivity contribution in [2.45, 2.75) is 52.5 Å². The number of nitrogens with zero attached hydrogens (tertiary/aromatic N) is 4. The maximum Gasteiger partial charge on any atom is 0.133 e. The highest BCUT2D eigenvalue weighted by molar-refractivity contribution is 5.47. The molecule has 5 nitrogen and oxygen atoms in total. The number of hydrogen-bond donors (Lipinski definition) is 1. The van der Waals surface area contributed by atoms with Crippen LogP contribution in [0.15, 0.2) is 6.33 Å². The van der Waals surface area contributed by atoms with Crippen molar-refractivity contribution >= 4 is 5.82 Å². The summed E-state index contributed by atoms with van der Waals surface area (Å²) < 4.78 is 1.94. The molecule has 21 heavy (non-hydrogen) atoms. The smallest absolute Gasteiger partial charge is 0.133 e. The summed E-state index contributed by atoms with van der Waals surface area (Å²) in [6.07, 6.45) is 7.62. The SMILES string of the molecule is Cc1nn(C)c(C)c1CNc1ncnc2c1CCCCC2. The van der Waals surface area contributed by atoms with E-state index in [1.807, 2.05) is 11.7 Å². The fraction of sp³-hybridized carbons (Fsp3) is 0.562. The lowest BCUT2D eigenvalue weighted by molar-refractivity contribution is 0.708. The molecule has 0 atom stereocenters. The number of fused-ring (bicyclic) bond motifs is 1. The number of aryl methyl sites for hydroxylation is 3. The summed E-state index contributed by atoms with van der Waals surface area (Å²) in [5, 5.41) is 7.98. The van der Waals surface area contributed by atoms with E-state index in [4.69, 9.17) is 0 Å². The Kier molecular flexibility index (Phi) is 3.90. The predicted molar refractivity (Wildman–Crippen MR) is 83.3 cm³/mol. The Bertz CT molecular complexity index is 644. The summed E-state index contributed by atoms with van der Waals surface area (Å²) in [7, 11) is 1.99. The van der Waals surface area contributed by atoms with Gasteiger partial charge < -0.3 is 5.32 Å². The van der Waals surface area contributed by atoms with Gasteiger partial charge in [-0.1, -0.05) is 6.42 Å². The normalized spacial score (nSPS) is 14.6. The van der Waals surface area contributed by atoms with Gasteiger partial charge in [0.15, 0.2) is 0 Å². The van der Waals surface area contributed by atoms with Crippen LogP contribution in [0.5, 0.6) is 0 Å². The van der Waals surface area contributed by atoms with E-state index in [9.17, 15) is 0 Å². The molecule has 0 amide bonds. The van der Waals surface area contributed by atoms with Gasteiger partial charge in [0.25, 0.3) is 0 Å². The van der Waals surface area contributed by atoms with E-state index in [1.165, 1.54) is 41.8 Å². The Hall–Kier alpha value is -1.91. The van der Waals surface area contributed by atoms with Crippen LogP contribution in [0.3, 0.4) is 0 Å². The van der Waals surface area contributed by atoms with Gasteiger partial charge in [-0.3, -0.25) is 4.68 Å². The molecule has 1 N–H and O–H groups in total. The minimum Gasteiger partial charge on any atom is -0.366 e. The summed E-state index contributed by atoms with van der Waals surface area (Å²) in [6, 6.07) is 0. The van der Waals surface area contributed by atoms with Crippen molar-refractivity contribution in [3.8, 4) is 0 Å². The second-order valence-electron chi connectivity index (χ2n) is 5.83. The number of hydrogen-bond acceptors (Lipinski definition) is 4. The van der Waals surface area contributed by atoms with E-state index in [1.54, 1.807) is 6.33 Å². The predicted octanol–water partition coefficient (Wildman–Crippen LogP) is 2.71. The van der Waals surface area contributed by atoms with Crippen molar-refractivity contribution in [2.75, 3.05) is 5.32 Å². The van der Waals surface area contributed by atoms with Gasteiger partial charge in [-0.25, -0.2) is 9.97 Å². The van der Waals surface area contributed by atoms with E-state index in [2.05, 4.69) is 34.2 Å². The first kappa shape index (κ1) is 14.0. The average molecular weight is 285 g/mol. The van der Waals surface area contributed by atoms with Gasteiger partial charge in [0.1, 0.15) is 12.1 Å². The Morgan fingerprint density at radius 2 is 1.95 bits per heavy atom. The molecular weight excluding hydrogens is 262 g/mol. The van der Waals surface area contributed by atoms with Crippen LogP contribution in [-0.4, -0.2) is 19.7 Å². The van der Waals surface area contributed by atoms with E-state index in [0.29, 0.717) is 0 Å². The average Bonchev–Trinajstić information content (AvgIpc) is 2.67. The van der Waals surface area contributed by atoms with Gasteiger partial charge in [-0.15, -0.1) is 0 Å². The molecule has 2 aromatic heterocycles. The molecule has 1 aliphatic rings. The summed E-state index contributed by atoms with van der Waals surface area (Å²) in [5.74, 6) is 1.00. The molecule has 0 spiro atoms. The lowest BCUT2D eigenvalue weighted by atomic mass is 10.1. The quantitative estimate of drug-likeness (QED) is 0.881. The van der Waals surface area contributed by atoms with Crippen molar-refractivity contribution < 1.29 is 0 Å². The molecule has 0 saturated heterocycles. The third-order valence-corrected chi connectivity index (χ3v) is 4.47. The second kappa shape index (κ2) is 5.84. The molecule has 0 fully saturated rings. The van der Waals surface area contributed by atoms with Crippen LogP contribution < -0.4 is 5.32 Å². The van der Waals surface area contributed by atoms with Crippen LogP contribution in [0.1, 0.15) is 47.5 Å². The van der Waals surface area contributed by atoms with Crippen LogP contribution in [0.2, 0.25) is 0 Å². The zero-order chi connectivity index (χ0) is 14.8. The standard InChI is InChI=1S/C16H23N5/c1-11-14(12(2)21(3)20-11)9-17-16-13-7-5-4-6-8-15(13)18-10-19-16/h10H,4-9H2,1-3H3,(H,17,18,19). The molecule has 2 aromatic rings. The number of anilines is 1. The minimum atomic E-state index is 0.773. The number of rotatable bonds is 3. The lowest BCUT2D eigenvalue weighted by Crippen LogP contribution is -2.09. The van der Waals surface area contributed by atoms with Gasteiger partial charge in [0.2, 0.25) is 0 Å². The number of aromatic nitrogens is 4. The molecule has 1 aliphatic carbocycles. The van der Waals surface area contributed by atoms with E-state index >= 15 is 0 Å². The van der Waals surface area contributed by atoms with Crippen molar-refractivity contribution in [2.24, 2.45) is 7.05 Å². The highest BCUT2D eigenvalue weighted by Gasteiger charge is 2.15. The highest BCUT2D eigenvalue weighted by atomic mass is 15.3. The van der Waals surface area contributed by atoms with Crippen LogP contribution in [0.4, 0.5) is 5.82 Å². The van der Waals surface area contributed by atoms with Gasteiger partial charge in [-0.2, -0.15) is 5.10 Å². The van der Waals surface area contributed by atoms with Gasteiger partial charge >= 0.3 is 0 Å². The fourth-order valence-corrected chi connectivity index (χ4v) is 3.10. The fourth-order valence-electron chi connectivity index (χ4n) is 3.10. The maximum atomic E-state index is 4.47. The van der Waals surface area contributed by atoms with E-state index in [-0.39, 0.29) is 0 Å². The molecule has 0 radical (unpaired) electrons.